The van der Waals surface area contributed by atoms with Crippen LogP contribution in [0.2, 0.25) is 0 Å². The number of aliphatic hydroxyl groups excluding tert-OH is 1. The number of hydrogen-bond acceptors (Lipinski definition) is 3. The van der Waals surface area contributed by atoms with E-state index in [9.17, 15) is 0 Å². The van der Waals surface area contributed by atoms with Crippen molar-refractivity contribution in [2.75, 3.05) is 0 Å². The predicted molar refractivity (Wildman–Crippen MR) is 78.8 cm³/mol. The minimum atomic E-state index is 0.0787. The molecular weight excluding hydrogens is 248 g/mol. The maximum atomic E-state index is 9.00. The van der Waals surface area contributed by atoms with Crippen molar-refractivity contribution < 1.29 is 5.11 Å². The van der Waals surface area contributed by atoms with Crippen molar-refractivity contribution in [2.24, 2.45) is 0 Å². The first-order valence-corrected chi connectivity index (χ1v) is 6.65. The molecule has 0 aromatic heterocycles. The zero-order valence-electron chi connectivity index (χ0n) is 11.5. The lowest BCUT2D eigenvalue weighted by atomic mass is 10.1. The molecule has 0 spiro atoms. The molecule has 0 aliphatic carbocycles. The number of hydrogen-bond donors (Lipinski definition) is 2. The van der Waals surface area contributed by atoms with Crippen molar-refractivity contribution >= 4 is 0 Å². The highest BCUT2D eigenvalue weighted by Gasteiger charge is 2.04. The second-order valence-corrected chi connectivity index (χ2v) is 4.81. The second kappa shape index (κ2) is 6.85. The van der Waals surface area contributed by atoms with Gasteiger partial charge in [0.05, 0.1) is 18.2 Å². The number of rotatable bonds is 5. The molecule has 20 heavy (non-hydrogen) atoms. The minimum Gasteiger partial charge on any atom is -0.392 e. The lowest BCUT2D eigenvalue weighted by Crippen LogP contribution is -2.18. The van der Waals surface area contributed by atoms with E-state index in [0.717, 1.165) is 17.7 Å². The summed E-state index contributed by atoms with van der Waals surface area (Å²) in [5, 5.41) is 21.2. The Hall–Kier alpha value is -2.15. The fourth-order valence-electron chi connectivity index (χ4n) is 2.00. The average molecular weight is 266 g/mol. The molecule has 0 heterocycles. The molecule has 0 aliphatic rings. The van der Waals surface area contributed by atoms with Gasteiger partial charge in [-0.25, -0.2) is 0 Å². The summed E-state index contributed by atoms with van der Waals surface area (Å²) in [5.41, 5.74) is 3.95. The van der Waals surface area contributed by atoms with Gasteiger partial charge in [0.15, 0.2) is 0 Å². The Morgan fingerprint density at radius 1 is 1.05 bits per heavy atom. The Bertz CT molecular complexity index is 582. The van der Waals surface area contributed by atoms with Crippen LogP contribution in [0, 0.1) is 11.3 Å². The first-order chi connectivity index (χ1) is 9.72. The molecule has 0 fully saturated rings. The molecule has 2 aromatic rings. The van der Waals surface area contributed by atoms with Gasteiger partial charge in [-0.1, -0.05) is 36.4 Å². The van der Waals surface area contributed by atoms with Crippen LogP contribution in [0.25, 0.3) is 0 Å². The standard InChI is InChI=1S/C17H18N2O/c1-13(17-8-6-14(10-18)7-9-17)19-11-15-2-4-16(12-20)5-3-15/h2-9,13,19-20H,11-12H2,1H3. The monoisotopic (exact) mass is 266 g/mol. The van der Waals surface area contributed by atoms with Crippen LogP contribution >= 0.6 is 0 Å². The molecule has 3 heteroatoms. The van der Waals surface area contributed by atoms with Gasteiger partial charge in [0, 0.05) is 12.6 Å². The van der Waals surface area contributed by atoms with E-state index in [-0.39, 0.29) is 12.6 Å². The van der Waals surface area contributed by atoms with Gasteiger partial charge in [-0.15, -0.1) is 0 Å². The van der Waals surface area contributed by atoms with Crippen LogP contribution in [-0.2, 0) is 13.2 Å². The van der Waals surface area contributed by atoms with E-state index in [1.54, 1.807) is 0 Å². The quantitative estimate of drug-likeness (QED) is 0.875. The molecule has 2 aromatic carbocycles. The van der Waals surface area contributed by atoms with Gasteiger partial charge < -0.3 is 10.4 Å². The van der Waals surface area contributed by atoms with Crippen LogP contribution in [0.4, 0.5) is 0 Å². The molecule has 0 aliphatic heterocycles. The van der Waals surface area contributed by atoms with Gasteiger partial charge in [0.2, 0.25) is 0 Å². The SMILES string of the molecule is CC(NCc1ccc(CO)cc1)c1ccc(C#N)cc1. The lowest BCUT2D eigenvalue weighted by molar-refractivity contribution is 0.282. The predicted octanol–water partition coefficient (Wildman–Crippen LogP) is 2.90. The fraction of sp³-hybridized carbons (Fsp3) is 0.235. The van der Waals surface area contributed by atoms with Crippen LogP contribution in [-0.4, -0.2) is 5.11 Å². The first kappa shape index (κ1) is 14.3. The summed E-state index contributed by atoms with van der Waals surface area (Å²) in [6, 6.07) is 17.9. The van der Waals surface area contributed by atoms with E-state index in [0.29, 0.717) is 5.56 Å². The molecule has 0 saturated heterocycles. The lowest BCUT2D eigenvalue weighted by Gasteiger charge is -2.14. The number of benzene rings is 2. The summed E-state index contributed by atoms with van der Waals surface area (Å²) < 4.78 is 0. The van der Waals surface area contributed by atoms with Crippen molar-refractivity contribution in [1.29, 1.82) is 5.26 Å². The summed E-state index contributed by atoms with van der Waals surface area (Å²) in [5.74, 6) is 0. The van der Waals surface area contributed by atoms with Crippen molar-refractivity contribution in [3.8, 4) is 6.07 Å². The molecule has 0 saturated carbocycles. The Balaban J connectivity index is 1.93. The summed E-state index contributed by atoms with van der Waals surface area (Å²) >= 11 is 0. The van der Waals surface area contributed by atoms with Gasteiger partial charge in [0.1, 0.15) is 0 Å². The van der Waals surface area contributed by atoms with Gasteiger partial charge in [0.25, 0.3) is 0 Å². The van der Waals surface area contributed by atoms with Crippen LogP contribution in [0.3, 0.4) is 0 Å². The minimum absolute atomic E-state index is 0.0787. The molecule has 3 nitrogen and oxygen atoms in total. The van der Waals surface area contributed by atoms with Gasteiger partial charge in [-0.2, -0.15) is 5.26 Å². The second-order valence-electron chi connectivity index (χ2n) is 4.81. The molecule has 1 atom stereocenters. The summed E-state index contributed by atoms with van der Waals surface area (Å²) in [7, 11) is 0. The first-order valence-electron chi connectivity index (χ1n) is 6.65. The van der Waals surface area contributed by atoms with Gasteiger partial charge in [-0.05, 0) is 35.7 Å². The normalized spacial score (nSPS) is 11.8. The number of nitrogens with zero attached hydrogens (tertiary/aromatic N) is 1. The summed E-state index contributed by atoms with van der Waals surface area (Å²) in [6.07, 6.45) is 0. The van der Waals surface area contributed by atoms with Gasteiger partial charge in [-0.3, -0.25) is 0 Å². The van der Waals surface area contributed by atoms with E-state index >= 15 is 0 Å². The van der Waals surface area contributed by atoms with E-state index < -0.39 is 0 Å². The Morgan fingerprint density at radius 3 is 2.20 bits per heavy atom. The Kier molecular flexibility index (Phi) is 4.89. The topological polar surface area (TPSA) is 56.0 Å². The molecular formula is C17H18N2O. The summed E-state index contributed by atoms with van der Waals surface area (Å²) in [4.78, 5) is 0. The smallest absolute Gasteiger partial charge is 0.0991 e. The molecule has 0 radical (unpaired) electrons. The zero-order chi connectivity index (χ0) is 14.4. The van der Waals surface area contributed by atoms with E-state index in [1.165, 1.54) is 5.56 Å². The van der Waals surface area contributed by atoms with E-state index in [1.807, 2.05) is 48.5 Å². The highest BCUT2D eigenvalue weighted by molar-refractivity contribution is 5.32. The van der Waals surface area contributed by atoms with Crippen LogP contribution in [0.1, 0.15) is 35.2 Å². The van der Waals surface area contributed by atoms with Crippen LogP contribution < -0.4 is 5.32 Å². The molecule has 1 unspecified atom stereocenters. The fourth-order valence-corrected chi connectivity index (χ4v) is 2.00. The average Bonchev–Trinajstić information content (AvgIpc) is 2.53. The molecule has 102 valence electrons. The van der Waals surface area contributed by atoms with E-state index in [4.69, 9.17) is 10.4 Å². The maximum absolute atomic E-state index is 9.00. The third kappa shape index (κ3) is 3.67. The Labute approximate surface area is 119 Å². The van der Waals surface area contributed by atoms with Crippen LogP contribution in [0.15, 0.2) is 48.5 Å². The van der Waals surface area contributed by atoms with Crippen LogP contribution in [0.5, 0.6) is 0 Å². The summed E-state index contributed by atoms with van der Waals surface area (Å²) in [6.45, 7) is 2.95. The van der Waals surface area contributed by atoms with E-state index in [2.05, 4.69) is 18.3 Å². The van der Waals surface area contributed by atoms with Gasteiger partial charge >= 0.3 is 0 Å². The number of nitriles is 1. The largest absolute Gasteiger partial charge is 0.392 e. The highest BCUT2D eigenvalue weighted by Crippen LogP contribution is 2.14. The number of aliphatic hydroxyl groups is 1. The third-order valence-corrected chi connectivity index (χ3v) is 3.36. The molecule has 2 rings (SSSR count). The molecule has 0 amide bonds. The van der Waals surface area contributed by atoms with Crippen molar-refractivity contribution in [1.82, 2.24) is 5.32 Å². The number of nitrogens with one attached hydrogen (secondary N) is 1. The molecule has 0 bridgehead atoms. The zero-order valence-corrected chi connectivity index (χ0v) is 11.5. The van der Waals surface area contributed by atoms with Crippen molar-refractivity contribution in [3.05, 3.63) is 70.8 Å². The molecule has 2 N–H and O–H groups in total. The Morgan fingerprint density at radius 2 is 1.65 bits per heavy atom. The van der Waals surface area contributed by atoms with Crippen molar-refractivity contribution in [3.63, 3.8) is 0 Å². The maximum Gasteiger partial charge on any atom is 0.0991 e. The third-order valence-electron chi connectivity index (χ3n) is 3.36. The highest BCUT2D eigenvalue weighted by atomic mass is 16.3. The van der Waals surface area contributed by atoms with Crippen molar-refractivity contribution in [2.45, 2.75) is 26.1 Å².